The molecule has 2 N–H and O–H groups in total. The van der Waals surface area contributed by atoms with Gasteiger partial charge in [0.05, 0.1) is 5.92 Å². The molecule has 5 nitrogen and oxygen atoms in total. The lowest BCUT2D eigenvalue weighted by Crippen LogP contribution is -2.36. The zero-order valence-electron chi connectivity index (χ0n) is 11.7. The van der Waals surface area contributed by atoms with Crippen LogP contribution < -0.4 is 0 Å². The lowest BCUT2D eigenvalue weighted by atomic mass is 9.92. The van der Waals surface area contributed by atoms with Crippen molar-refractivity contribution in [1.82, 2.24) is 0 Å². The van der Waals surface area contributed by atoms with Gasteiger partial charge in [-0.1, -0.05) is 44.2 Å². The van der Waals surface area contributed by atoms with Gasteiger partial charge in [0.15, 0.2) is 6.10 Å². The van der Waals surface area contributed by atoms with Gasteiger partial charge in [-0.15, -0.1) is 0 Å². The number of carboxylic acids is 1. The first-order chi connectivity index (χ1) is 9.41. The van der Waals surface area contributed by atoms with Gasteiger partial charge in [0.25, 0.3) is 0 Å². The second-order valence-corrected chi connectivity index (χ2v) is 5.11. The summed E-state index contributed by atoms with van der Waals surface area (Å²) < 4.78 is 4.95. The fraction of sp³-hybridized carbons (Fsp3) is 0.467. The van der Waals surface area contributed by atoms with E-state index in [2.05, 4.69) is 0 Å². The number of ether oxygens (including phenoxy) is 1. The van der Waals surface area contributed by atoms with Gasteiger partial charge in [-0.05, 0) is 17.9 Å². The first-order valence-electron chi connectivity index (χ1n) is 6.53. The lowest BCUT2D eigenvalue weighted by Gasteiger charge is -2.19. The maximum absolute atomic E-state index is 11.7. The highest BCUT2D eigenvalue weighted by Gasteiger charge is 2.33. The van der Waals surface area contributed by atoms with Crippen LogP contribution >= 0.6 is 0 Å². The molecule has 0 spiro atoms. The van der Waals surface area contributed by atoms with Crippen LogP contribution in [0.3, 0.4) is 0 Å². The SMILES string of the molecule is CC(C)C[C@@H](C(=O)O)[C@H](O)C(=O)OCc1ccccc1. The van der Waals surface area contributed by atoms with Crippen molar-refractivity contribution in [2.24, 2.45) is 11.8 Å². The molecular weight excluding hydrogens is 260 g/mol. The molecular formula is C15H20O5. The number of benzene rings is 1. The van der Waals surface area contributed by atoms with Gasteiger partial charge in [0, 0.05) is 0 Å². The Morgan fingerprint density at radius 2 is 1.80 bits per heavy atom. The Morgan fingerprint density at radius 1 is 1.20 bits per heavy atom. The van der Waals surface area contributed by atoms with E-state index in [1.165, 1.54) is 0 Å². The third-order valence-corrected chi connectivity index (χ3v) is 2.89. The average molecular weight is 280 g/mol. The van der Waals surface area contributed by atoms with E-state index < -0.39 is 24.0 Å². The number of aliphatic carboxylic acids is 1. The van der Waals surface area contributed by atoms with E-state index in [0.717, 1.165) is 5.56 Å². The first-order valence-corrected chi connectivity index (χ1v) is 6.53. The molecule has 0 aromatic heterocycles. The molecule has 0 heterocycles. The van der Waals surface area contributed by atoms with Crippen LogP contribution in [0.1, 0.15) is 25.8 Å². The molecule has 0 aliphatic rings. The van der Waals surface area contributed by atoms with Gasteiger partial charge in [-0.3, -0.25) is 4.79 Å². The zero-order valence-corrected chi connectivity index (χ0v) is 11.7. The van der Waals surface area contributed by atoms with Gasteiger partial charge in [0.2, 0.25) is 0 Å². The van der Waals surface area contributed by atoms with Crippen molar-refractivity contribution >= 4 is 11.9 Å². The summed E-state index contributed by atoms with van der Waals surface area (Å²) >= 11 is 0. The van der Waals surface area contributed by atoms with Gasteiger partial charge in [-0.25, -0.2) is 4.79 Å². The Hall–Kier alpha value is -1.88. The van der Waals surface area contributed by atoms with Gasteiger partial charge in [-0.2, -0.15) is 0 Å². The van der Waals surface area contributed by atoms with Crippen LogP contribution in [0.15, 0.2) is 30.3 Å². The third kappa shape index (κ3) is 5.01. The topological polar surface area (TPSA) is 83.8 Å². The van der Waals surface area contributed by atoms with E-state index in [1.54, 1.807) is 24.3 Å². The molecule has 1 aromatic carbocycles. The van der Waals surface area contributed by atoms with Crippen molar-refractivity contribution in [3.63, 3.8) is 0 Å². The number of rotatable bonds is 7. The van der Waals surface area contributed by atoms with Crippen LogP contribution in [-0.4, -0.2) is 28.3 Å². The fourth-order valence-corrected chi connectivity index (χ4v) is 1.85. The molecule has 1 rings (SSSR count). The van der Waals surface area contributed by atoms with Gasteiger partial charge < -0.3 is 14.9 Å². The molecule has 2 atom stereocenters. The van der Waals surface area contributed by atoms with Crippen LogP contribution in [-0.2, 0) is 20.9 Å². The Kier molecular flexibility index (Phi) is 6.18. The second-order valence-electron chi connectivity index (χ2n) is 5.11. The standard InChI is InChI=1S/C15H20O5/c1-10(2)8-12(14(17)18)13(16)15(19)20-9-11-6-4-3-5-7-11/h3-7,10,12-13,16H,8-9H2,1-2H3,(H,17,18)/t12-,13+/m1/s1. The molecule has 5 heteroatoms. The molecule has 0 fully saturated rings. The van der Waals surface area contributed by atoms with Crippen molar-refractivity contribution in [3.8, 4) is 0 Å². The van der Waals surface area contributed by atoms with Crippen molar-refractivity contribution in [3.05, 3.63) is 35.9 Å². The van der Waals surface area contributed by atoms with Crippen molar-refractivity contribution < 1.29 is 24.5 Å². The number of aliphatic hydroxyl groups is 1. The van der Waals surface area contributed by atoms with E-state index in [9.17, 15) is 14.7 Å². The summed E-state index contributed by atoms with van der Waals surface area (Å²) in [6, 6.07) is 9.00. The fourth-order valence-electron chi connectivity index (χ4n) is 1.85. The van der Waals surface area contributed by atoms with Crippen LogP contribution in [0.2, 0.25) is 0 Å². The second kappa shape index (κ2) is 7.65. The molecule has 110 valence electrons. The van der Waals surface area contributed by atoms with Crippen molar-refractivity contribution in [2.75, 3.05) is 0 Å². The number of esters is 1. The van der Waals surface area contributed by atoms with E-state index in [-0.39, 0.29) is 18.9 Å². The van der Waals surface area contributed by atoms with E-state index in [4.69, 9.17) is 9.84 Å². The quantitative estimate of drug-likeness (QED) is 0.744. The molecule has 20 heavy (non-hydrogen) atoms. The summed E-state index contributed by atoms with van der Waals surface area (Å²) in [5.41, 5.74) is 0.781. The molecule has 0 saturated heterocycles. The highest BCUT2D eigenvalue weighted by Crippen LogP contribution is 2.17. The molecule has 0 bridgehead atoms. The van der Waals surface area contributed by atoms with Crippen molar-refractivity contribution in [1.29, 1.82) is 0 Å². The summed E-state index contributed by atoms with van der Waals surface area (Å²) in [7, 11) is 0. The first kappa shape index (κ1) is 16.2. The summed E-state index contributed by atoms with van der Waals surface area (Å²) in [5.74, 6) is -3.17. The Morgan fingerprint density at radius 3 is 2.30 bits per heavy atom. The van der Waals surface area contributed by atoms with Gasteiger partial charge in [0.1, 0.15) is 6.61 Å². The highest BCUT2D eigenvalue weighted by atomic mass is 16.5. The highest BCUT2D eigenvalue weighted by molar-refractivity contribution is 5.82. The van der Waals surface area contributed by atoms with E-state index in [0.29, 0.717) is 0 Å². The molecule has 0 unspecified atom stereocenters. The van der Waals surface area contributed by atoms with Crippen LogP contribution in [0.25, 0.3) is 0 Å². The number of hydrogen-bond donors (Lipinski definition) is 2. The molecule has 0 saturated carbocycles. The monoisotopic (exact) mass is 280 g/mol. The number of hydrogen-bond acceptors (Lipinski definition) is 4. The summed E-state index contributed by atoms with van der Waals surface area (Å²) in [6.07, 6.45) is -1.42. The Labute approximate surface area is 118 Å². The largest absolute Gasteiger partial charge is 0.481 e. The molecule has 0 radical (unpaired) electrons. The van der Waals surface area contributed by atoms with Crippen LogP contribution in [0.5, 0.6) is 0 Å². The predicted octanol–water partition coefficient (Wildman–Crippen LogP) is 1.84. The number of carboxylic acid groups (broad SMARTS) is 1. The number of carbonyl (C=O) groups is 2. The van der Waals surface area contributed by atoms with Gasteiger partial charge >= 0.3 is 11.9 Å². The lowest BCUT2D eigenvalue weighted by molar-refractivity contribution is -0.165. The summed E-state index contributed by atoms with van der Waals surface area (Å²) in [6.45, 7) is 3.68. The maximum atomic E-state index is 11.7. The minimum absolute atomic E-state index is 0.0186. The minimum atomic E-state index is -1.64. The predicted molar refractivity (Wildman–Crippen MR) is 72.8 cm³/mol. The molecule has 1 aromatic rings. The van der Waals surface area contributed by atoms with E-state index >= 15 is 0 Å². The summed E-state index contributed by atoms with van der Waals surface area (Å²) in [5, 5.41) is 18.9. The molecule has 0 amide bonds. The zero-order chi connectivity index (χ0) is 15.1. The molecule has 0 aliphatic heterocycles. The maximum Gasteiger partial charge on any atom is 0.336 e. The normalized spacial score (nSPS) is 13.8. The Bertz CT molecular complexity index is 441. The molecule has 0 aliphatic carbocycles. The Balaban J connectivity index is 2.58. The smallest absolute Gasteiger partial charge is 0.336 e. The van der Waals surface area contributed by atoms with Crippen LogP contribution in [0.4, 0.5) is 0 Å². The average Bonchev–Trinajstić information content (AvgIpc) is 2.42. The third-order valence-electron chi connectivity index (χ3n) is 2.89. The van der Waals surface area contributed by atoms with Crippen LogP contribution in [0, 0.1) is 11.8 Å². The van der Waals surface area contributed by atoms with Crippen molar-refractivity contribution in [2.45, 2.75) is 33.0 Å². The minimum Gasteiger partial charge on any atom is -0.481 e. The summed E-state index contributed by atoms with van der Waals surface area (Å²) in [4.78, 5) is 22.8. The number of aliphatic hydroxyl groups excluding tert-OH is 1. The number of carbonyl (C=O) groups excluding carboxylic acids is 1. The van der Waals surface area contributed by atoms with E-state index in [1.807, 2.05) is 19.9 Å².